The maximum absolute atomic E-state index is 13.4. The van der Waals surface area contributed by atoms with Crippen LogP contribution in [0.4, 0.5) is 0 Å². The molecule has 3 aromatic carbocycles. The van der Waals surface area contributed by atoms with Gasteiger partial charge in [-0.05, 0) is 28.7 Å². The minimum absolute atomic E-state index is 0.0217. The molecule has 0 aliphatic carbocycles. The Bertz CT molecular complexity index is 1210. The third kappa shape index (κ3) is 5.81. The number of hydrogen-bond donors (Lipinski definition) is 2. The van der Waals surface area contributed by atoms with Crippen molar-refractivity contribution in [1.29, 1.82) is 0 Å². The van der Waals surface area contributed by atoms with Gasteiger partial charge in [-0.2, -0.15) is 0 Å². The van der Waals surface area contributed by atoms with E-state index in [1.807, 2.05) is 84.9 Å². The zero-order valence-corrected chi connectivity index (χ0v) is 19.1. The molecule has 0 aromatic heterocycles. The molecule has 0 saturated carbocycles. The molecule has 1 aliphatic heterocycles. The Kier molecular flexibility index (Phi) is 7.35. The predicted octanol–water partition coefficient (Wildman–Crippen LogP) is 3.08. The van der Waals surface area contributed by atoms with Gasteiger partial charge in [0.1, 0.15) is 6.54 Å². The van der Waals surface area contributed by atoms with E-state index in [0.29, 0.717) is 6.42 Å². The number of amides is 2. The molecule has 2 unspecified atom stereocenters. The molecule has 1 fully saturated rings. The molecule has 1 saturated heterocycles. The Morgan fingerprint density at radius 1 is 0.829 bits per heavy atom. The summed E-state index contributed by atoms with van der Waals surface area (Å²) in [7, 11) is 0. The molecule has 2 atom stereocenters. The summed E-state index contributed by atoms with van der Waals surface area (Å²) in [6.45, 7) is -0.411. The van der Waals surface area contributed by atoms with E-state index in [4.69, 9.17) is 5.11 Å². The van der Waals surface area contributed by atoms with Crippen LogP contribution in [0.25, 0.3) is 11.1 Å². The Labute approximate surface area is 203 Å². The van der Waals surface area contributed by atoms with E-state index >= 15 is 0 Å². The second-order valence-electron chi connectivity index (χ2n) is 8.59. The Morgan fingerprint density at radius 2 is 1.43 bits per heavy atom. The van der Waals surface area contributed by atoms with Gasteiger partial charge in [0, 0.05) is 19.0 Å². The lowest BCUT2D eigenvalue weighted by Crippen LogP contribution is -2.56. The largest absolute Gasteiger partial charge is 0.480 e. The molecule has 1 aliphatic rings. The smallest absolute Gasteiger partial charge is 0.322 e. The van der Waals surface area contributed by atoms with Crippen molar-refractivity contribution in [2.75, 3.05) is 6.54 Å². The molecular weight excluding hydrogens is 444 g/mol. The van der Waals surface area contributed by atoms with E-state index in [0.717, 1.165) is 22.3 Å². The average molecular weight is 471 g/mol. The average Bonchev–Trinajstić information content (AvgIpc) is 2.86. The van der Waals surface area contributed by atoms with Crippen LogP contribution in [0.15, 0.2) is 84.9 Å². The van der Waals surface area contributed by atoms with Crippen molar-refractivity contribution in [3.05, 3.63) is 96.1 Å². The monoisotopic (exact) mass is 470 g/mol. The van der Waals surface area contributed by atoms with Crippen molar-refractivity contribution in [1.82, 2.24) is 10.2 Å². The number of piperidine rings is 1. The van der Waals surface area contributed by atoms with E-state index in [2.05, 4.69) is 5.32 Å². The van der Waals surface area contributed by atoms with Gasteiger partial charge >= 0.3 is 5.97 Å². The first kappa shape index (κ1) is 23.9. The lowest BCUT2D eigenvalue weighted by Gasteiger charge is -2.38. The van der Waals surface area contributed by atoms with Crippen LogP contribution in [0.5, 0.6) is 0 Å². The highest BCUT2D eigenvalue weighted by molar-refractivity contribution is 6.19. The van der Waals surface area contributed by atoms with Gasteiger partial charge in [0.2, 0.25) is 11.8 Å². The lowest BCUT2D eigenvalue weighted by molar-refractivity contribution is -0.155. The summed E-state index contributed by atoms with van der Waals surface area (Å²) in [6.07, 6.45) is 0.498. The molecule has 2 N–H and O–H groups in total. The second kappa shape index (κ2) is 10.8. The topological polar surface area (TPSA) is 104 Å². The minimum Gasteiger partial charge on any atom is -0.480 e. The van der Waals surface area contributed by atoms with Gasteiger partial charge in [-0.15, -0.1) is 0 Å². The number of likely N-dealkylation sites (tertiary alicyclic amines) is 1. The number of carboxylic acids is 1. The van der Waals surface area contributed by atoms with E-state index in [9.17, 15) is 19.2 Å². The highest BCUT2D eigenvalue weighted by Crippen LogP contribution is 2.27. The van der Waals surface area contributed by atoms with Crippen LogP contribution < -0.4 is 5.32 Å². The molecule has 178 valence electrons. The summed E-state index contributed by atoms with van der Waals surface area (Å²) in [5.41, 5.74) is 3.98. The predicted molar refractivity (Wildman–Crippen MR) is 130 cm³/mol. The lowest BCUT2D eigenvalue weighted by atomic mass is 9.86. The number of hydrogen-bond acceptors (Lipinski definition) is 4. The third-order valence-electron chi connectivity index (χ3n) is 6.13. The van der Waals surface area contributed by atoms with Gasteiger partial charge < -0.3 is 15.3 Å². The number of rotatable bonds is 8. The third-order valence-corrected chi connectivity index (χ3v) is 6.13. The minimum atomic E-state index is -1.54. The van der Waals surface area contributed by atoms with Crippen molar-refractivity contribution in [3.8, 4) is 11.1 Å². The summed E-state index contributed by atoms with van der Waals surface area (Å²) in [4.78, 5) is 51.2. The number of Topliss-reactive ketones (excluding diaryl/α,β-unsaturated/α-hetero) is 1. The summed E-state index contributed by atoms with van der Waals surface area (Å²) in [6, 6.07) is 26.9. The first-order valence-electron chi connectivity index (χ1n) is 11.4. The molecule has 0 radical (unpaired) electrons. The van der Waals surface area contributed by atoms with Crippen LogP contribution in [-0.4, -0.2) is 46.2 Å². The zero-order valence-electron chi connectivity index (χ0n) is 19.1. The fraction of sp³-hybridized carbons (Fsp3) is 0.214. The van der Waals surface area contributed by atoms with E-state index in [1.165, 1.54) is 0 Å². The summed E-state index contributed by atoms with van der Waals surface area (Å²) >= 11 is 0. The van der Waals surface area contributed by atoms with Crippen molar-refractivity contribution in [2.45, 2.75) is 25.4 Å². The molecule has 0 spiro atoms. The molecule has 0 bridgehead atoms. The number of nitrogens with zero attached hydrogens (tertiary/aromatic N) is 1. The normalized spacial score (nSPS) is 17.8. The van der Waals surface area contributed by atoms with Gasteiger partial charge in [-0.3, -0.25) is 19.2 Å². The zero-order chi connectivity index (χ0) is 24.8. The molecule has 2 amide bonds. The molecule has 3 aromatic rings. The molecule has 7 heteroatoms. The van der Waals surface area contributed by atoms with Gasteiger partial charge in [-0.25, -0.2) is 0 Å². The van der Waals surface area contributed by atoms with Crippen molar-refractivity contribution < 1.29 is 24.3 Å². The van der Waals surface area contributed by atoms with Gasteiger partial charge in [0.05, 0.1) is 0 Å². The molecule has 1 heterocycles. The number of aliphatic carboxylic acids is 1. The number of carboxylic acid groups (broad SMARTS) is 1. The molecular formula is C28H26N2O5. The van der Waals surface area contributed by atoms with Gasteiger partial charge in [0.25, 0.3) is 0 Å². The number of ketones is 1. The van der Waals surface area contributed by atoms with Crippen molar-refractivity contribution in [3.63, 3.8) is 0 Å². The fourth-order valence-corrected chi connectivity index (χ4v) is 4.37. The van der Waals surface area contributed by atoms with Crippen LogP contribution >= 0.6 is 0 Å². The van der Waals surface area contributed by atoms with Crippen LogP contribution in [0.3, 0.4) is 0 Å². The van der Waals surface area contributed by atoms with Gasteiger partial charge in [-0.1, -0.05) is 84.9 Å². The van der Waals surface area contributed by atoms with Crippen LogP contribution in [0, 0.1) is 5.92 Å². The SMILES string of the molecule is O=C(O)CNC(=O)C1C(=O)CC(Cc2ccccc2)N(Cc2ccc(-c3ccccc3)cc2)C1=O. The fourth-order valence-electron chi connectivity index (χ4n) is 4.37. The Balaban J connectivity index is 1.58. The van der Waals surface area contributed by atoms with E-state index in [-0.39, 0.29) is 13.0 Å². The number of carbonyl (C=O) groups excluding carboxylic acids is 3. The molecule has 35 heavy (non-hydrogen) atoms. The highest BCUT2D eigenvalue weighted by Gasteiger charge is 2.44. The number of carbonyl (C=O) groups is 4. The van der Waals surface area contributed by atoms with Gasteiger partial charge in [0.15, 0.2) is 11.7 Å². The highest BCUT2D eigenvalue weighted by atomic mass is 16.4. The standard InChI is InChI=1S/C28H26N2O5/c31-24-16-23(15-19-7-3-1-4-8-19)30(28(35)26(24)27(34)29-17-25(32)33)18-20-11-13-22(14-12-20)21-9-5-2-6-10-21/h1-14,23,26H,15-18H2,(H,29,34)(H,32,33). The van der Waals surface area contributed by atoms with Crippen LogP contribution in [-0.2, 0) is 32.1 Å². The molecule has 4 rings (SSSR count). The van der Waals surface area contributed by atoms with Crippen molar-refractivity contribution in [2.24, 2.45) is 5.92 Å². The van der Waals surface area contributed by atoms with E-state index < -0.39 is 42.1 Å². The Hall–Kier alpha value is -4.26. The summed E-state index contributed by atoms with van der Waals surface area (Å²) < 4.78 is 0. The van der Waals surface area contributed by atoms with Crippen LogP contribution in [0.2, 0.25) is 0 Å². The number of benzene rings is 3. The number of nitrogens with one attached hydrogen (secondary N) is 1. The summed E-state index contributed by atoms with van der Waals surface area (Å²) in [5, 5.41) is 11.0. The van der Waals surface area contributed by atoms with Crippen molar-refractivity contribution >= 4 is 23.6 Å². The first-order chi connectivity index (χ1) is 16.9. The molecule has 7 nitrogen and oxygen atoms in total. The maximum Gasteiger partial charge on any atom is 0.322 e. The van der Waals surface area contributed by atoms with Crippen LogP contribution in [0.1, 0.15) is 17.5 Å². The quantitative estimate of drug-likeness (QED) is 0.493. The maximum atomic E-state index is 13.4. The second-order valence-corrected chi connectivity index (χ2v) is 8.59. The van der Waals surface area contributed by atoms with E-state index in [1.54, 1.807) is 4.90 Å². The summed E-state index contributed by atoms with van der Waals surface area (Å²) in [5.74, 6) is -4.74. The Morgan fingerprint density at radius 3 is 2.06 bits per heavy atom. The first-order valence-corrected chi connectivity index (χ1v) is 11.4.